The molecule has 0 bridgehead atoms. The number of H-pyrrole nitrogens is 1. The van der Waals surface area contributed by atoms with Gasteiger partial charge in [0.25, 0.3) is 5.91 Å². The molecule has 32 heavy (non-hydrogen) atoms. The number of carbonyl (C=O) groups excluding carboxylic acids is 3. The van der Waals surface area contributed by atoms with Crippen LogP contribution in [-0.4, -0.2) is 46.7 Å². The number of rotatable bonds is 5. The molecule has 2 heterocycles. The lowest BCUT2D eigenvalue weighted by atomic mass is 9.96. The average Bonchev–Trinajstić information content (AvgIpc) is 3.14. The second-order valence-corrected chi connectivity index (χ2v) is 8.62. The molecule has 0 aliphatic carbocycles. The van der Waals surface area contributed by atoms with Gasteiger partial charge in [-0.05, 0) is 57.0 Å². The maximum Gasteiger partial charge on any atom is 0.309 e. The first-order valence-electron chi connectivity index (χ1n) is 10.7. The third-order valence-electron chi connectivity index (χ3n) is 6.01. The van der Waals surface area contributed by atoms with E-state index in [0.717, 1.165) is 16.6 Å². The van der Waals surface area contributed by atoms with E-state index in [0.29, 0.717) is 42.1 Å². The van der Waals surface area contributed by atoms with Gasteiger partial charge in [0, 0.05) is 45.8 Å². The topological polar surface area (TPSA) is 79.5 Å². The highest BCUT2D eigenvalue weighted by molar-refractivity contribution is 6.30. The molecule has 6 nitrogen and oxygen atoms in total. The van der Waals surface area contributed by atoms with E-state index in [1.807, 2.05) is 31.2 Å². The zero-order valence-electron chi connectivity index (χ0n) is 18.1. The lowest BCUT2D eigenvalue weighted by molar-refractivity contribution is -0.152. The van der Waals surface area contributed by atoms with E-state index in [-0.39, 0.29) is 23.6 Å². The number of ketones is 1. The summed E-state index contributed by atoms with van der Waals surface area (Å²) in [7, 11) is 0. The number of aromatic nitrogens is 1. The Bertz CT molecular complexity index is 1160. The Labute approximate surface area is 191 Å². The summed E-state index contributed by atoms with van der Waals surface area (Å²) in [6.07, 6.45) is 0.130. The van der Waals surface area contributed by atoms with Crippen LogP contribution in [0.3, 0.4) is 0 Å². The fourth-order valence-electron chi connectivity index (χ4n) is 4.21. The van der Waals surface area contributed by atoms with Crippen LogP contribution < -0.4 is 0 Å². The number of amides is 1. The number of aromatic amines is 1. The summed E-state index contributed by atoms with van der Waals surface area (Å²) in [4.78, 5) is 43.3. The van der Waals surface area contributed by atoms with E-state index in [1.165, 1.54) is 0 Å². The predicted molar refractivity (Wildman–Crippen MR) is 123 cm³/mol. The number of fused-ring (bicyclic) bond motifs is 1. The van der Waals surface area contributed by atoms with Crippen LogP contribution in [0.15, 0.2) is 48.5 Å². The largest absolute Gasteiger partial charge is 0.454 e. The molecule has 0 spiro atoms. The van der Waals surface area contributed by atoms with E-state index in [4.69, 9.17) is 16.3 Å². The van der Waals surface area contributed by atoms with Crippen molar-refractivity contribution < 1.29 is 19.1 Å². The Balaban J connectivity index is 1.35. The Morgan fingerprint density at radius 3 is 2.41 bits per heavy atom. The van der Waals surface area contributed by atoms with Crippen LogP contribution in [0.1, 0.15) is 46.2 Å². The number of nitrogens with one attached hydrogen (secondary N) is 1. The SMILES string of the molecule is Cc1[nH]c2ccccc2c1C(=O)[C@H](C)OC(=O)C1CCN(C(=O)c2ccc(Cl)cc2)CC1. The molecule has 7 heteroatoms. The molecule has 1 amide bonds. The van der Waals surface area contributed by atoms with Gasteiger partial charge in [0.05, 0.1) is 5.92 Å². The van der Waals surface area contributed by atoms with E-state index in [9.17, 15) is 14.4 Å². The van der Waals surface area contributed by atoms with Crippen molar-refractivity contribution in [2.24, 2.45) is 5.92 Å². The van der Waals surface area contributed by atoms with Crippen molar-refractivity contribution in [3.8, 4) is 0 Å². The van der Waals surface area contributed by atoms with Gasteiger partial charge < -0.3 is 14.6 Å². The van der Waals surface area contributed by atoms with Crippen LogP contribution in [0.5, 0.6) is 0 Å². The summed E-state index contributed by atoms with van der Waals surface area (Å²) < 4.78 is 5.55. The molecular weight excluding hydrogens is 428 g/mol. The molecule has 2 aromatic carbocycles. The monoisotopic (exact) mass is 452 g/mol. The van der Waals surface area contributed by atoms with Gasteiger partial charge in [0.1, 0.15) is 0 Å². The van der Waals surface area contributed by atoms with Crippen molar-refractivity contribution in [1.29, 1.82) is 0 Å². The normalized spacial score (nSPS) is 15.5. The summed E-state index contributed by atoms with van der Waals surface area (Å²) in [6.45, 7) is 4.38. The number of piperidine rings is 1. The first-order chi connectivity index (χ1) is 15.3. The van der Waals surface area contributed by atoms with Crippen molar-refractivity contribution in [3.05, 3.63) is 70.4 Å². The fourth-order valence-corrected chi connectivity index (χ4v) is 4.34. The first-order valence-corrected chi connectivity index (χ1v) is 11.1. The number of benzene rings is 2. The number of para-hydroxylation sites is 1. The van der Waals surface area contributed by atoms with E-state index < -0.39 is 6.10 Å². The van der Waals surface area contributed by atoms with Gasteiger partial charge >= 0.3 is 5.97 Å². The van der Waals surface area contributed by atoms with Crippen LogP contribution in [0.25, 0.3) is 10.9 Å². The number of esters is 1. The molecule has 1 aromatic heterocycles. The summed E-state index contributed by atoms with van der Waals surface area (Å²) in [5.74, 6) is -1.01. The third-order valence-corrected chi connectivity index (χ3v) is 6.26. The number of hydrogen-bond donors (Lipinski definition) is 1. The second-order valence-electron chi connectivity index (χ2n) is 8.19. The molecule has 1 saturated heterocycles. The van der Waals surface area contributed by atoms with Gasteiger partial charge in [0.2, 0.25) is 5.78 Å². The second kappa shape index (κ2) is 9.17. The van der Waals surface area contributed by atoms with E-state index >= 15 is 0 Å². The number of Topliss-reactive ketones (excluding diaryl/α,β-unsaturated/α-hetero) is 1. The Morgan fingerprint density at radius 2 is 1.72 bits per heavy atom. The molecule has 0 radical (unpaired) electrons. The van der Waals surface area contributed by atoms with Gasteiger partial charge in [-0.25, -0.2) is 0 Å². The Kier molecular flexibility index (Phi) is 6.33. The fraction of sp³-hybridized carbons (Fsp3) is 0.320. The van der Waals surface area contributed by atoms with Gasteiger partial charge in [-0.2, -0.15) is 0 Å². The molecule has 166 valence electrons. The van der Waals surface area contributed by atoms with Gasteiger partial charge in [-0.1, -0.05) is 29.8 Å². The number of likely N-dealkylation sites (tertiary alicyclic amines) is 1. The highest BCUT2D eigenvalue weighted by Crippen LogP contribution is 2.25. The van der Waals surface area contributed by atoms with Crippen LogP contribution in [0.2, 0.25) is 5.02 Å². The maximum atomic E-state index is 13.0. The number of nitrogens with zero attached hydrogens (tertiary/aromatic N) is 1. The highest BCUT2D eigenvalue weighted by Gasteiger charge is 2.31. The number of hydrogen-bond acceptors (Lipinski definition) is 4. The maximum absolute atomic E-state index is 13.0. The number of aryl methyl sites for hydroxylation is 1. The predicted octanol–water partition coefficient (Wildman–Crippen LogP) is 4.80. The lowest BCUT2D eigenvalue weighted by Crippen LogP contribution is -2.41. The first kappa shape index (κ1) is 22.1. The van der Waals surface area contributed by atoms with Crippen molar-refractivity contribution in [2.45, 2.75) is 32.8 Å². The molecule has 1 aliphatic heterocycles. The minimum absolute atomic E-state index is 0.0770. The summed E-state index contributed by atoms with van der Waals surface area (Å²) in [5.41, 5.74) is 2.77. The van der Waals surface area contributed by atoms with Crippen LogP contribution >= 0.6 is 11.6 Å². The number of halogens is 1. The molecule has 1 N–H and O–H groups in total. The van der Waals surface area contributed by atoms with Gasteiger partial charge in [0.15, 0.2) is 6.10 Å². The quantitative estimate of drug-likeness (QED) is 0.445. The van der Waals surface area contributed by atoms with Crippen molar-refractivity contribution in [3.63, 3.8) is 0 Å². The minimum Gasteiger partial charge on any atom is -0.454 e. The van der Waals surface area contributed by atoms with Crippen LogP contribution in [0.4, 0.5) is 0 Å². The van der Waals surface area contributed by atoms with Crippen LogP contribution in [0, 0.1) is 12.8 Å². The van der Waals surface area contributed by atoms with Crippen molar-refractivity contribution in [1.82, 2.24) is 9.88 Å². The molecule has 1 atom stereocenters. The average molecular weight is 453 g/mol. The van der Waals surface area contributed by atoms with Gasteiger partial charge in [-0.3, -0.25) is 14.4 Å². The van der Waals surface area contributed by atoms with Crippen molar-refractivity contribution in [2.75, 3.05) is 13.1 Å². The molecule has 1 fully saturated rings. The smallest absolute Gasteiger partial charge is 0.309 e. The zero-order valence-corrected chi connectivity index (χ0v) is 18.8. The molecule has 1 aliphatic rings. The molecule has 3 aromatic rings. The Hall–Kier alpha value is -3.12. The number of ether oxygens (including phenoxy) is 1. The van der Waals surface area contributed by atoms with E-state index in [2.05, 4.69) is 4.98 Å². The van der Waals surface area contributed by atoms with E-state index in [1.54, 1.807) is 36.1 Å². The summed E-state index contributed by atoms with van der Waals surface area (Å²) >= 11 is 5.89. The molecule has 4 rings (SSSR count). The third kappa shape index (κ3) is 4.41. The van der Waals surface area contributed by atoms with Crippen molar-refractivity contribution >= 4 is 40.2 Å². The number of carbonyl (C=O) groups is 3. The molecule has 0 saturated carbocycles. The minimum atomic E-state index is -0.880. The standard InChI is InChI=1S/C25H25ClN2O4/c1-15-22(20-5-3-4-6-21(20)27-15)23(29)16(2)32-25(31)18-11-13-28(14-12-18)24(30)17-7-9-19(26)10-8-17/h3-10,16,18,27H,11-14H2,1-2H3/t16-/m0/s1. The molecule has 0 unspecified atom stereocenters. The summed E-state index contributed by atoms with van der Waals surface area (Å²) in [5, 5.41) is 1.40. The molecular formula is C25H25ClN2O4. The van der Waals surface area contributed by atoms with Crippen LogP contribution in [-0.2, 0) is 9.53 Å². The van der Waals surface area contributed by atoms with Gasteiger partial charge in [-0.15, -0.1) is 0 Å². The summed E-state index contributed by atoms with van der Waals surface area (Å²) in [6, 6.07) is 14.3. The lowest BCUT2D eigenvalue weighted by Gasteiger charge is -2.31. The zero-order chi connectivity index (χ0) is 22.8. The Morgan fingerprint density at radius 1 is 1.06 bits per heavy atom. The highest BCUT2D eigenvalue weighted by atomic mass is 35.5.